The minimum atomic E-state index is -3.44. The molecule has 0 bridgehead atoms. The van der Waals surface area contributed by atoms with E-state index in [0.717, 1.165) is 11.8 Å². The molecule has 0 saturated carbocycles. The first-order valence-electron chi connectivity index (χ1n) is 8.99. The number of anilines is 1. The molecule has 1 aliphatic rings. The fraction of sp³-hybridized carbons (Fsp3) is 0.143. The van der Waals surface area contributed by atoms with Crippen molar-refractivity contribution in [2.24, 2.45) is 5.10 Å². The molecular formula is C21H19N3O3S2. The van der Waals surface area contributed by atoms with E-state index in [1.807, 2.05) is 53.9 Å². The van der Waals surface area contributed by atoms with Gasteiger partial charge in [0.1, 0.15) is 0 Å². The summed E-state index contributed by atoms with van der Waals surface area (Å²) < 4.78 is 26.1. The van der Waals surface area contributed by atoms with Gasteiger partial charge in [-0.3, -0.25) is 9.52 Å². The normalized spacial score (nSPS) is 16.5. The highest BCUT2D eigenvalue weighted by Gasteiger charge is 2.34. The first-order valence-corrected chi connectivity index (χ1v) is 11.8. The van der Waals surface area contributed by atoms with Crippen LogP contribution in [0.4, 0.5) is 5.69 Å². The molecule has 8 heteroatoms. The van der Waals surface area contributed by atoms with Crippen molar-refractivity contribution in [1.29, 1.82) is 0 Å². The Balaban J connectivity index is 1.76. The summed E-state index contributed by atoms with van der Waals surface area (Å²) in [6.07, 6.45) is 1.60. The number of sulfonamides is 1. The maximum atomic E-state index is 13.1. The highest BCUT2D eigenvalue weighted by Crippen LogP contribution is 2.36. The van der Waals surface area contributed by atoms with Crippen LogP contribution >= 0.6 is 11.3 Å². The molecule has 2 heterocycles. The topological polar surface area (TPSA) is 78.8 Å². The molecule has 1 aromatic heterocycles. The summed E-state index contributed by atoms with van der Waals surface area (Å²) in [6.45, 7) is 0. The lowest BCUT2D eigenvalue weighted by Crippen LogP contribution is -2.26. The van der Waals surface area contributed by atoms with Crippen LogP contribution in [0.5, 0.6) is 0 Å². The van der Waals surface area contributed by atoms with Gasteiger partial charge < -0.3 is 0 Å². The Kier molecular flexibility index (Phi) is 5.21. The number of carbonyl (C=O) groups excluding carboxylic acids is 1. The molecule has 6 nitrogen and oxygen atoms in total. The van der Waals surface area contributed by atoms with E-state index in [0.29, 0.717) is 28.3 Å². The lowest BCUT2D eigenvalue weighted by molar-refractivity contribution is 0.0716. The van der Waals surface area contributed by atoms with Crippen molar-refractivity contribution < 1.29 is 13.2 Å². The van der Waals surface area contributed by atoms with Crippen LogP contribution in [0.25, 0.3) is 0 Å². The third-order valence-corrected chi connectivity index (χ3v) is 6.02. The van der Waals surface area contributed by atoms with Crippen LogP contribution in [0.3, 0.4) is 0 Å². The second-order valence-electron chi connectivity index (χ2n) is 6.72. The smallest absolute Gasteiger partial charge is 0.283 e. The van der Waals surface area contributed by atoms with Gasteiger partial charge >= 0.3 is 0 Å². The van der Waals surface area contributed by atoms with Crippen LogP contribution in [0.2, 0.25) is 0 Å². The molecule has 1 N–H and O–H groups in total. The molecule has 1 amide bonds. The van der Waals surface area contributed by atoms with E-state index in [1.165, 1.54) is 16.3 Å². The monoisotopic (exact) mass is 425 g/mol. The summed E-state index contributed by atoms with van der Waals surface area (Å²) >= 11 is 1.37. The van der Waals surface area contributed by atoms with Gasteiger partial charge in [0.05, 0.1) is 28.6 Å². The summed E-state index contributed by atoms with van der Waals surface area (Å²) in [4.78, 5) is 13.7. The van der Waals surface area contributed by atoms with Crippen molar-refractivity contribution in [3.05, 3.63) is 88.1 Å². The quantitative estimate of drug-likeness (QED) is 0.668. The maximum absolute atomic E-state index is 13.1. The van der Waals surface area contributed by atoms with Crippen molar-refractivity contribution in [2.45, 2.75) is 12.5 Å². The average Bonchev–Trinajstić information content (AvgIpc) is 3.38. The third kappa shape index (κ3) is 4.23. The van der Waals surface area contributed by atoms with E-state index in [9.17, 15) is 13.2 Å². The Morgan fingerprint density at radius 1 is 1.07 bits per heavy atom. The molecule has 3 aromatic rings. The molecule has 1 atom stereocenters. The number of hydrogen-bond acceptors (Lipinski definition) is 5. The van der Waals surface area contributed by atoms with Crippen molar-refractivity contribution in [1.82, 2.24) is 5.01 Å². The number of amides is 1. The number of hydrogen-bond donors (Lipinski definition) is 1. The number of nitrogens with one attached hydrogen (secondary N) is 1. The predicted octanol–water partition coefficient (Wildman–Crippen LogP) is 4.11. The summed E-state index contributed by atoms with van der Waals surface area (Å²) in [5.74, 6) is -0.169. The zero-order valence-corrected chi connectivity index (χ0v) is 17.3. The second-order valence-corrected chi connectivity index (χ2v) is 9.42. The second kappa shape index (κ2) is 7.81. The predicted molar refractivity (Wildman–Crippen MR) is 116 cm³/mol. The molecule has 29 heavy (non-hydrogen) atoms. The van der Waals surface area contributed by atoms with Crippen molar-refractivity contribution in [3.8, 4) is 0 Å². The lowest BCUT2D eigenvalue weighted by atomic mass is 9.97. The highest BCUT2D eigenvalue weighted by atomic mass is 32.2. The van der Waals surface area contributed by atoms with Gasteiger partial charge in [-0.05, 0) is 23.1 Å². The molecule has 2 aromatic carbocycles. The molecule has 4 rings (SSSR count). The van der Waals surface area contributed by atoms with Crippen molar-refractivity contribution >= 4 is 38.7 Å². The van der Waals surface area contributed by atoms with Crippen LogP contribution in [0.15, 0.2) is 77.2 Å². The first kappa shape index (κ1) is 19.4. The molecule has 0 aliphatic carbocycles. The Hall–Kier alpha value is -2.97. The van der Waals surface area contributed by atoms with E-state index in [2.05, 4.69) is 9.82 Å². The third-order valence-electron chi connectivity index (χ3n) is 4.57. The summed E-state index contributed by atoms with van der Waals surface area (Å²) in [6, 6.07) is 20.2. The maximum Gasteiger partial charge on any atom is 0.284 e. The van der Waals surface area contributed by atoms with Crippen LogP contribution in [0.1, 0.15) is 33.3 Å². The summed E-state index contributed by atoms with van der Waals surface area (Å²) in [5, 5.41) is 8.00. The summed E-state index contributed by atoms with van der Waals surface area (Å²) in [5.41, 5.74) is 2.76. The van der Waals surface area contributed by atoms with Gasteiger partial charge in [-0.2, -0.15) is 5.10 Å². The fourth-order valence-corrected chi connectivity index (χ4v) is 4.56. The number of hydrazone groups is 1. The van der Waals surface area contributed by atoms with E-state index in [-0.39, 0.29) is 11.9 Å². The zero-order valence-electron chi connectivity index (χ0n) is 15.6. The van der Waals surface area contributed by atoms with E-state index < -0.39 is 10.0 Å². The number of para-hydroxylation sites is 1. The van der Waals surface area contributed by atoms with Gasteiger partial charge in [-0.25, -0.2) is 13.4 Å². The Bertz CT molecular complexity index is 1160. The van der Waals surface area contributed by atoms with Crippen molar-refractivity contribution in [3.63, 3.8) is 0 Å². The minimum Gasteiger partial charge on any atom is -0.283 e. The van der Waals surface area contributed by atoms with Crippen LogP contribution < -0.4 is 4.72 Å². The fourth-order valence-electron chi connectivity index (χ4n) is 3.33. The number of nitrogens with zero attached hydrogens (tertiary/aromatic N) is 2. The SMILES string of the molecule is CS(=O)(=O)Nc1ccccc1C1=NN(C(=O)c2cccs2)[C@H](c2ccccc2)C1. The average molecular weight is 426 g/mol. The van der Waals surface area contributed by atoms with Gasteiger partial charge in [0.25, 0.3) is 5.91 Å². The van der Waals surface area contributed by atoms with E-state index >= 15 is 0 Å². The molecule has 0 unspecified atom stereocenters. The molecule has 0 spiro atoms. The number of thiophene rings is 1. The first-order chi connectivity index (χ1) is 13.9. The molecular weight excluding hydrogens is 406 g/mol. The van der Waals surface area contributed by atoms with Gasteiger partial charge in [-0.15, -0.1) is 11.3 Å². The Morgan fingerprint density at radius 2 is 1.79 bits per heavy atom. The molecule has 0 fully saturated rings. The van der Waals surface area contributed by atoms with Gasteiger partial charge in [-0.1, -0.05) is 54.6 Å². The van der Waals surface area contributed by atoms with Crippen molar-refractivity contribution in [2.75, 3.05) is 11.0 Å². The number of benzene rings is 2. The van der Waals surface area contributed by atoms with E-state index in [1.54, 1.807) is 18.2 Å². The van der Waals surface area contributed by atoms with Gasteiger partial charge in [0, 0.05) is 12.0 Å². The Morgan fingerprint density at radius 3 is 2.48 bits per heavy atom. The highest BCUT2D eigenvalue weighted by molar-refractivity contribution is 7.92. The lowest BCUT2D eigenvalue weighted by Gasteiger charge is -2.21. The molecule has 0 radical (unpaired) electrons. The molecule has 0 saturated heterocycles. The van der Waals surface area contributed by atoms with Crippen LogP contribution in [0, 0.1) is 0 Å². The Labute approximate surface area is 173 Å². The van der Waals surface area contributed by atoms with Gasteiger partial charge in [0.2, 0.25) is 10.0 Å². The molecule has 1 aliphatic heterocycles. The minimum absolute atomic E-state index is 0.169. The number of rotatable bonds is 5. The van der Waals surface area contributed by atoms with E-state index in [4.69, 9.17) is 0 Å². The number of carbonyl (C=O) groups is 1. The largest absolute Gasteiger partial charge is 0.284 e. The summed E-state index contributed by atoms with van der Waals surface area (Å²) in [7, 11) is -3.44. The van der Waals surface area contributed by atoms with Crippen LogP contribution in [-0.4, -0.2) is 31.3 Å². The van der Waals surface area contributed by atoms with Crippen LogP contribution in [-0.2, 0) is 10.0 Å². The molecule has 148 valence electrons. The van der Waals surface area contributed by atoms with Gasteiger partial charge in [0.15, 0.2) is 0 Å². The zero-order chi connectivity index (χ0) is 20.4. The standard InChI is InChI=1S/C21H19N3O3S2/c1-29(26,27)23-17-11-6-5-10-16(17)18-14-19(15-8-3-2-4-9-15)24(22-18)21(25)20-12-7-13-28-20/h2-13,19,23H,14H2,1H3/t19-/m0/s1.